The Hall–Kier alpha value is -0.0800. The first-order chi connectivity index (χ1) is 6.13. The van der Waals surface area contributed by atoms with E-state index in [9.17, 15) is 0 Å². The fraction of sp³-hybridized carbons (Fsp3) is 1.00. The lowest BCUT2D eigenvalue weighted by molar-refractivity contribution is 0.329. The summed E-state index contributed by atoms with van der Waals surface area (Å²) in [5.41, 5.74) is 2.93. The quantitative estimate of drug-likeness (QED) is 0.474. The van der Waals surface area contributed by atoms with Gasteiger partial charge in [-0.05, 0) is 24.7 Å². The van der Waals surface area contributed by atoms with Gasteiger partial charge < -0.3 is 0 Å². The molecule has 2 heteroatoms. The Balaban J connectivity index is 3.80. The molecule has 0 saturated heterocycles. The van der Waals surface area contributed by atoms with Crippen molar-refractivity contribution in [3.63, 3.8) is 0 Å². The van der Waals surface area contributed by atoms with Crippen LogP contribution in [0.2, 0.25) is 0 Å². The second kappa shape index (κ2) is 7.34. The van der Waals surface area contributed by atoms with Crippen molar-refractivity contribution >= 4 is 0 Å². The first kappa shape index (κ1) is 12.9. The second-order valence-corrected chi connectivity index (χ2v) is 4.41. The number of hydrazine groups is 1. The third-order valence-corrected chi connectivity index (χ3v) is 2.76. The lowest BCUT2D eigenvalue weighted by Crippen LogP contribution is -2.37. The van der Waals surface area contributed by atoms with Crippen molar-refractivity contribution in [1.82, 2.24) is 5.43 Å². The maximum atomic E-state index is 5.53. The standard InChI is InChI=1S/C11H26N2/c1-5-10(6-2)8-11(13-12)7-9(3)4/h9-11,13H,5-8,12H2,1-4H3. The second-order valence-electron chi connectivity index (χ2n) is 4.41. The largest absolute Gasteiger partial charge is 0.271 e. The minimum atomic E-state index is 0.505. The van der Waals surface area contributed by atoms with Gasteiger partial charge in [-0.2, -0.15) is 0 Å². The van der Waals surface area contributed by atoms with Gasteiger partial charge in [0.05, 0.1) is 0 Å². The molecule has 2 nitrogen and oxygen atoms in total. The first-order valence-electron chi connectivity index (χ1n) is 5.60. The summed E-state index contributed by atoms with van der Waals surface area (Å²) in [7, 11) is 0. The van der Waals surface area contributed by atoms with Gasteiger partial charge >= 0.3 is 0 Å². The Kier molecular flexibility index (Phi) is 7.29. The highest BCUT2D eigenvalue weighted by Gasteiger charge is 2.13. The molecular weight excluding hydrogens is 160 g/mol. The summed E-state index contributed by atoms with van der Waals surface area (Å²) in [5, 5.41) is 0. The molecule has 1 unspecified atom stereocenters. The number of nitrogens with two attached hydrogens (primary N) is 1. The number of hydrogen-bond acceptors (Lipinski definition) is 2. The summed E-state index contributed by atoms with van der Waals surface area (Å²) in [6.07, 6.45) is 4.95. The SMILES string of the molecule is CCC(CC)CC(CC(C)C)NN. The number of nitrogens with one attached hydrogen (secondary N) is 1. The Bertz CT molecular complexity index is 109. The van der Waals surface area contributed by atoms with Crippen molar-refractivity contribution in [2.75, 3.05) is 0 Å². The van der Waals surface area contributed by atoms with Gasteiger partial charge in [0.2, 0.25) is 0 Å². The summed E-state index contributed by atoms with van der Waals surface area (Å²) in [6, 6.07) is 0.505. The molecule has 0 rings (SSSR count). The Labute approximate surface area is 83.2 Å². The molecule has 0 aromatic heterocycles. The van der Waals surface area contributed by atoms with Crippen LogP contribution >= 0.6 is 0 Å². The molecule has 0 aliphatic heterocycles. The molecule has 0 aromatic carbocycles. The molecule has 0 fully saturated rings. The van der Waals surface area contributed by atoms with E-state index in [-0.39, 0.29) is 0 Å². The molecule has 0 amide bonds. The van der Waals surface area contributed by atoms with E-state index in [1.807, 2.05) is 0 Å². The molecule has 1 atom stereocenters. The van der Waals surface area contributed by atoms with E-state index in [1.54, 1.807) is 0 Å². The van der Waals surface area contributed by atoms with Crippen LogP contribution < -0.4 is 11.3 Å². The molecule has 3 N–H and O–H groups in total. The Morgan fingerprint density at radius 1 is 1.08 bits per heavy atom. The third-order valence-electron chi connectivity index (χ3n) is 2.76. The van der Waals surface area contributed by atoms with E-state index in [2.05, 4.69) is 33.1 Å². The van der Waals surface area contributed by atoms with Crippen molar-refractivity contribution in [3.05, 3.63) is 0 Å². The molecule has 0 aromatic rings. The van der Waals surface area contributed by atoms with Crippen LogP contribution in [0.1, 0.15) is 53.4 Å². The van der Waals surface area contributed by atoms with Gasteiger partial charge in [-0.1, -0.05) is 40.5 Å². The fourth-order valence-electron chi connectivity index (χ4n) is 1.83. The van der Waals surface area contributed by atoms with Gasteiger partial charge in [0.25, 0.3) is 0 Å². The van der Waals surface area contributed by atoms with E-state index in [0.717, 1.165) is 11.8 Å². The average Bonchev–Trinajstić information content (AvgIpc) is 2.11. The van der Waals surface area contributed by atoms with Crippen molar-refractivity contribution in [2.24, 2.45) is 17.7 Å². The zero-order chi connectivity index (χ0) is 10.3. The molecule has 0 spiro atoms. The Morgan fingerprint density at radius 2 is 1.62 bits per heavy atom. The van der Waals surface area contributed by atoms with E-state index >= 15 is 0 Å². The third kappa shape index (κ3) is 6.05. The maximum absolute atomic E-state index is 5.53. The van der Waals surface area contributed by atoms with Gasteiger partial charge in [-0.15, -0.1) is 0 Å². The minimum absolute atomic E-state index is 0.505. The molecular formula is C11H26N2. The van der Waals surface area contributed by atoms with Crippen LogP contribution in [0.4, 0.5) is 0 Å². The lowest BCUT2D eigenvalue weighted by atomic mass is 9.91. The van der Waals surface area contributed by atoms with Crippen LogP contribution in [0.5, 0.6) is 0 Å². The monoisotopic (exact) mass is 186 g/mol. The van der Waals surface area contributed by atoms with Crippen LogP contribution in [-0.4, -0.2) is 6.04 Å². The van der Waals surface area contributed by atoms with Crippen molar-refractivity contribution in [3.8, 4) is 0 Å². The summed E-state index contributed by atoms with van der Waals surface area (Å²) in [5.74, 6) is 7.09. The van der Waals surface area contributed by atoms with Crippen molar-refractivity contribution in [1.29, 1.82) is 0 Å². The predicted molar refractivity (Wildman–Crippen MR) is 59.3 cm³/mol. The molecule has 13 heavy (non-hydrogen) atoms. The normalized spacial score (nSPS) is 14.1. The highest BCUT2D eigenvalue weighted by atomic mass is 15.2. The average molecular weight is 186 g/mol. The first-order valence-corrected chi connectivity index (χ1v) is 5.60. The molecule has 0 bridgehead atoms. The highest BCUT2D eigenvalue weighted by Crippen LogP contribution is 2.18. The fourth-order valence-corrected chi connectivity index (χ4v) is 1.83. The predicted octanol–water partition coefficient (Wildman–Crippen LogP) is 2.69. The van der Waals surface area contributed by atoms with Gasteiger partial charge in [0.15, 0.2) is 0 Å². The topological polar surface area (TPSA) is 38.0 Å². The van der Waals surface area contributed by atoms with Gasteiger partial charge in [-0.3, -0.25) is 11.3 Å². The number of rotatable bonds is 7. The van der Waals surface area contributed by atoms with Crippen molar-refractivity contribution in [2.45, 2.75) is 59.4 Å². The van der Waals surface area contributed by atoms with Gasteiger partial charge in [0.1, 0.15) is 0 Å². The van der Waals surface area contributed by atoms with E-state index in [1.165, 1.54) is 25.7 Å². The molecule has 0 heterocycles. The van der Waals surface area contributed by atoms with Crippen LogP contribution in [0.25, 0.3) is 0 Å². The van der Waals surface area contributed by atoms with E-state index < -0.39 is 0 Å². The lowest BCUT2D eigenvalue weighted by Gasteiger charge is -2.22. The van der Waals surface area contributed by atoms with Crippen LogP contribution in [0.15, 0.2) is 0 Å². The van der Waals surface area contributed by atoms with Gasteiger partial charge in [0, 0.05) is 6.04 Å². The zero-order valence-electron chi connectivity index (χ0n) is 9.64. The molecule has 0 aliphatic rings. The summed E-state index contributed by atoms with van der Waals surface area (Å²) < 4.78 is 0. The molecule has 0 aliphatic carbocycles. The number of hydrogen-bond donors (Lipinski definition) is 2. The zero-order valence-corrected chi connectivity index (χ0v) is 9.64. The van der Waals surface area contributed by atoms with E-state index in [0.29, 0.717) is 6.04 Å². The maximum Gasteiger partial charge on any atom is 0.0215 e. The summed E-state index contributed by atoms with van der Waals surface area (Å²) in [4.78, 5) is 0. The summed E-state index contributed by atoms with van der Waals surface area (Å²) in [6.45, 7) is 9.02. The molecule has 80 valence electrons. The minimum Gasteiger partial charge on any atom is -0.271 e. The molecule has 0 saturated carbocycles. The Morgan fingerprint density at radius 3 is 1.92 bits per heavy atom. The van der Waals surface area contributed by atoms with E-state index in [4.69, 9.17) is 5.84 Å². The molecule has 0 radical (unpaired) electrons. The highest BCUT2D eigenvalue weighted by molar-refractivity contribution is 4.69. The van der Waals surface area contributed by atoms with Crippen LogP contribution in [-0.2, 0) is 0 Å². The van der Waals surface area contributed by atoms with Crippen LogP contribution in [0, 0.1) is 11.8 Å². The smallest absolute Gasteiger partial charge is 0.0215 e. The van der Waals surface area contributed by atoms with Gasteiger partial charge in [-0.25, -0.2) is 0 Å². The summed E-state index contributed by atoms with van der Waals surface area (Å²) >= 11 is 0. The van der Waals surface area contributed by atoms with Crippen LogP contribution in [0.3, 0.4) is 0 Å². The van der Waals surface area contributed by atoms with Crippen molar-refractivity contribution < 1.29 is 0 Å².